The molecule has 2 aromatic carbocycles. The second-order valence-corrected chi connectivity index (χ2v) is 5.63. The average Bonchev–Trinajstić information content (AvgIpc) is 2.69. The van der Waals surface area contributed by atoms with E-state index in [-0.39, 0.29) is 11.8 Å². The van der Waals surface area contributed by atoms with Gasteiger partial charge in [0.25, 0.3) is 5.91 Å². The fraction of sp³-hybridized carbons (Fsp3) is 0.143. The van der Waals surface area contributed by atoms with Crippen LogP contribution in [0.25, 0.3) is 0 Å². The fourth-order valence-corrected chi connectivity index (χ4v) is 2.78. The Morgan fingerprint density at radius 2 is 1.72 bits per heavy atom. The van der Waals surface area contributed by atoms with Crippen molar-refractivity contribution in [3.63, 3.8) is 0 Å². The van der Waals surface area contributed by atoms with Crippen molar-refractivity contribution >= 4 is 5.91 Å². The van der Waals surface area contributed by atoms with Crippen LogP contribution in [0.5, 0.6) is 5.75 Å². The molecule has 126 valence electrons. The molecule has 4 heteroatoms. The first kappa shape index (κ1) is 16.7. The molecule has 1 N–H and O–H groups in total. The molecule has 0 aliphatic carbocycles. The van der Waals surface area contributed by atoms with Gasteiger partial charge in [-0.2, -0.15) is 0 Å². The first-order valence-electron chi connectivity index (χ1n) is 8.16. The van der Waals surface area contributed by atoms with E-state index in [9.17, 15) is 4.79 Å². The summed E-state index contributed by atoms with van der Waals surface area (Å²) in [4.78, 5) is 17.0. The Morgan fingerprint density at radius 1 is 1.00 bits per heavy atom. The predicted molar refractivity (Wildman–Crippen MR) is 97.8 cm³/mol. The van der Waals surface area contributed by atoms with Gasteiger partial charge in [0, 0.05) is 24.4 Å². The van der Waals surface area contributed by atoms with E-state index in [4.69, 9.17) is 4.74 Å². The number of amides is 1. The van der Waals surface area contributed by atoms with Gasteiger partial charge in [0.2, 0.25) is 0 Å². The molecule has 1 aromatic heterocycles. The molecule has 3 rings (SSSR count). The molecule has 1 unspecified atom stereocenters. The molecule has 0 aliphatic heterocycles. The SMILES string of the molecule is COc1ccccc1C(=O)NCC(c1ccccc1)c1ccccn1. The van der Waals surface area contributed by atoms with E-state index in [1.165, 1.54) is 0 Å². The molecule has 0 aliphatic rings. The number of benzene rings is 2. The fourth-order valence-electron chi connectivity index (χ4n) is 2.78. The molecule has 25 heavy (non-hydrogen) atoms. The van der Waals surface area contributed by atoms with Gasteiger partial charge in [-0.3, -0.25) is 9.78 Å². The molecule has 3 aromatic rings. The first-order valence-corrected chi connectivity index (χ1v) is 8.16. The van der Waals surface area contributed by atoms with Crippen LogP contribution >= 0.6 is 0 Å². The Bertz CT molecular complexity index is 780. The van der Waals surface area contributed by atoms with Crippen molar-refractivity contribution in [1.82, 2.24) is 10.3 Å². The van der Waals surface area contributed by atoms with E-state index in [2.05, 4.69) is 22.4 Å². The van der Waals surface area contributed by atoms with E-state index in [0.29, 0.717) is 17.9 Å². The van der Waals surface area contributed by atoms with Crippen molar-refractivity contribution in [2.45, 2.75) is 5.92 Å². The highest BCUT2D eigenvalue weighted by Gasteiger charge is 2.18. The Labute approximate surface area is 147 Å². The van der Waals surface area contributed by atoms with E-state index < -0.39 is 0 Å². The summed E-state index contributed by atoms with van der Waals surface area (Å²) in [6.07, 6.45) is 1.77. The summed E-state index contributed by atoms with van der Waals surface area (Å²) in [5.41, 5.74) is 2.56. The van der Waals surface area contributed by atoms with Gasteiger partial charge in [-0.25, -0.2) is 0 Å². The van der Waals surface area contributed by atoms with Gasteiger partial charge in [-0.15, -0.1) is 0 Å². The zero-order valence-electron chi connectivity index (χ0n) is 14.1. The molecule has 0 spiro atoms. The number of carbonyl (C=O) groups is 1. The third kappa shape index (κ3) is 4.04. The number of para-hydroxylation sites is 1. The van der Waals surface area contributed by atoms with Crippen molar-refractivity contribution < 1.29 is 9.53 Å². The summed E-state index contributed by atoms with van der Waals surface area (Å²) >= 11 is 0. The lowest BCUT2D eigenvalue weighted by molar-refractivity contribution is 0.0949. The van der Waals surface area contributed by atoms with Crippen LogP contribution in [0.15, 0.2) is 79.0 Å². The van der Waals surface area contributed by atoms with Crippen molar-refractivity contribution in [3.8, 4) is 5.75 Å². The van der Waals surface area contributed by atoms with E-state index in [1.807, 2.05) is 48.5 Å². The van der Waals surface area contributed by atoms with Gasteiger partial charge in [0.15, 0.2) is 0 Å². The number of rotatable bonds is 6. The van der Waals surface area contributed by atoms with Gasteiger partial charge in [0.1, 0.15) is 5.75 Å². The normalized spacial score (nSPS) is 11.6. The first-order chi connectivity index (χ1) is 12.3. The topological polar surface area (TPSA) is 51.2 Å². The van der Waals surface area contributed by atoms with Crippen molar-refractivity contribution in [3.05, 3.63) is 95.8 Å². The molecule has 0 bridgehead atoms. The summed E-state index contributed by atoms with van der Waals surface area (Å²) in [5.74, 6) is 0.393. The van der Waals surface area contributed by atoms with Gasteiger partial charge in [-0.1, -0.05) is 48.5 Å². The molecule has 0 saturated carbocycles. The number of hydrogen-bond donors (Lipinski definition) is 1. The zero-order valence-corrected chi connectivity index (χ0v) is 14.1. The highest BCUT2D eigenvalue weighted by Crippen LogP contribution is 2.23. The van der Waals surface area contributed by atoms with Crippen molar-refractivity contribution in [2.24, 2.45) is 0 Å². The predicted octanol–water partition coefficient (Wildman–Crippen LogP) is 3.65. The second-order valence-electron chi connectivity index (χ2n) is 5.63. The maximum absolute atomic E-state index is 12.6. The third-order valence-corrected chi connectivity index (χ3v) is 4.07. The van der Waals surface area contributed by atoms with Gasteiger partial charge in [-0.05, 0) is 29.8 Å². The van der Waals surface area contributed by atoms with Crippen molar-refractivity contribution in [1.29, 1.82) is 0 Å². The Balaban J connectivity index is 1.81. The molecule has 1 atom stereocenters. The molecule has 1 heterocycles. The second kappa shape index (κ2) is 8.11. The van der Waals surface area contributed by atoms with E-state index in [0.717, 1.165) is 11.3 Å². The van der Waals surface area contributed by atoms with Gasteiger partial charge >= 0.3 is 0 Å². The molecular weight excluding hydrogens is 312 g/mol. The number of methoxy groups -OCH3 is 1. The van der Waals surface area contributed by atoms with Gasteiger partial charge < -0.3 is 10.1 Å². The minimum absolute atomic E-state index is 0.0129. The van der Waals surface area contributed by atoms with Crippen LogP contribution in [-0.4, -0.2) is 24.5 Å². The molecule has 0 fully saturated rings. The molecule has 0 saturated heterocycles. The number of aromatic nitrogens is 1. The summed E-state index contributed by atoms with van der Waals surface area (Å²) < 4.78 is 5.27. The number of ether oxygens (including phenoxy) is 1. The Hall–Kier alpha value is -3.14. The quantitative estimate of drug-likeness (QED) is 0.749. The maximum Gasteiger partial charge on any atom is 0.255 e. The molecule has 1 amide bonds. The smallest absolute Gasteiger partial charge is 0.255 e. The molecule has 4 nitrogen and oxygen atoms in total. The minimum atomic E-state index is -0.158. The van der Waals surface area contributed by atoms with E-state index in [1.54, 1.807) is 25.4 Å². The number of carbonyl (C=O) groups excluding carboxylic acids is 1. The highest BCUT2D eigenvalue weighted by molar-refractivity contribution is 5.96. The average molecular weight is 332 g/mol. The Morgan fingerprint density at radius 3 is 2.44 bits per heavy atom. The third-order valence-electron chi connectivity index (χ3n) is 4.07. The number of pyridine rings is 1. The number of hydrogen-bond acceptors (Lipinski definition) is 3. The Kier molecular flexibility index (Phi) is 5.42. The van der Waals surface area contributed by atoms with Crippen LogP contribution in [0.3, 0.4) is 0 Å². The lowest BCUT2D eigenvalue weighted by Gasteiger charge is -2.18. The number of nitrogens with zero attached hydrogens (tertiary/aromatic N) is 1. The standard InChI is InChI=1S/C21H20N2O2/c1-25-20-13-6-5-11-17(20)21(24)23-15-18(16-9-3-2-4-10-16)19-12-7-8-14-22-19/h2-14,18H,15H2,1H3,(H,23,24). The molecular formula is C21H20N2O2. The zero-order chi connectivity index (χ0) is 17.5. The maximum atomic E-state index is 12.6. The monoisotopic (exact) mass is 332 g/mol. The van der Waals surface area contributed by atoms with Crippen LogP contribution < -0.4 is 10.1 Å². The van der Waals surface area contributed by atoms with Crippen LogP contribution in [-0.2, 0) is 0 Å². The minimum Gasteiger partial charge on any atom is -0.496 e. The summed E-state index contributed by atoms with van der Waals surface area (Å²) in [6.45, 7) is 0.456. The summed E-state index contributed by atoms with van der Waals surface area (Å²) in [6, 6.07) is 23.1. The van der Waals surface area contributed by atoms with Crippen LogP contribution in [0.4, 0.5) is 0 Å². The summed E-state index contributed by atoms with van der Waals surface area (Å²) in [5, 5.41) is 3.01. The van der Waals surface area contributed by atoms with Crippen LogP contribution in [0, 0.1) is 0 Å². The lowest BCUT2D eigenvalue weighted by atomic mass is 9.95. The van der Waals surface area contributed by atoms with Crippen LogP contribution in [0.1, 0.15) is 27.5 Å². The summed E-state index contributed by atoms with van der Waals surface area (Å²) in [7, 11) is 1.56. The number of nitrogens with one attached hydrogen (secondary N) is 1. The largest absolute Gasteiger partial charge is 0.496 e. The van der Waals surface area contributed by atoms with Gasteiger partial charge in [0.05, 0.1) is 12.7 Å². The molecule has 0 radical (unpaired) electrons. The highest BCUT2D eigenvalue weighted by atomic mass is 16.5. The van der Waals surface area contributed by atoms with Crippen LogP contribution in [0.2, 0.25) is 0 Å². The van der Waals surface area contributed by atoms with E-state index >= 15 is 0 Å². The van der Waals surface area contributed by atoms with Crippen molar-refractivity contribution in [2.75, 3.05) is 13.7 Å². The lowest BCUT2D eigenvalue weighted by Crippen LogP contribution is -2.29.